The third-order valence-corrected chi connectivity index (χ3v) is 4.30. The fourth-order valence-electron chi connectivity index (χ4n) is 2.74. The third kappa shape index (κ3) is 5.09. The van der Waals surface area contributed by atoms with Gasteiger partial charge in [-0.1, -0.05) is 38.1 Å². The molecule has 5 nitrogen and oxygen atoms in total. The maximum atomic E-state index is 12.6. The first-order valence-electron chi connectivity index (χ1n) is 9.18. The summed E-state index contributed by atoms with van der Waals surface area (Å²) in [6.45, 7) is 9.70. The van der Waals surface area contributed by atoms with Crippen molar-refractivity contribution in [3.05, 3.63) is 59.2 Å². The minimum Gasteiger partial charge on any atom is -0.481 e. The highest BCUT2D eigenvalue weighted by Crippen LogP contribution is 2.27. The number of benzene rings is 2. The molecule has 2 rings (SSSR count). The lowest BCUT2D eigenvalue weighted by Gasteiger charge is -2.19. The Balaban J connectivity index is 2.13. The summed E-state index contributed by atoms with van der Waals surface area (Å²) in [6.07, 6.45) is -0.685. The van der Waals surface area contributed by atoms with Crippen LogP contribution in [0, 0.1) is 6.92 Å². The number of carbonyl (C=O) groups excluding carboxylic acids is 2. The van der Waals surface area contributed by atoms with Gasteiger partial charge in [-0.15, -0.1) is 0 Å². The molecule has 0 heterocycles. The van der Waals surface area contributed by atoms with E-state index in [0.717, 1.165) is 5.56 Å². The number of nitrogens with one attached hydrogen (secondary N) is 1. The molecule has 0 bridgehead atoms. The number of amides is 1. The Kier molecular flexibility index (Phi) is 6.99. The standard InChI is InChI=1S/C22H27NO4/c1-6-26-22(25)18-11-9-12-19(15(18)4)23-21(24)16(5)27-20-13-8-7-10-17(20)14(2)3/h7-14,16H,6H2,1-5H3,(H,23,24). The van der Waals surface area contributed by atoms with Crippen molar-refractivity contribution in [3.8, 4) is 5.75 Å². The number of anilines is 1. The van der Waals surface area contributed by atoms with E-state index in [2.05, 4.69) is 19.2 Å². The van der Waals surface area contributed by atoms with Crippen LogP contribution in [0.15, 0.2) is 42.5 Å². The van der Waals surface area contributed by atoms with Crippen molar-refractivity contribution >= 4 is 17.6 Å². The molecule has 27 heavy (non-hydrogen) atoms. The highest BCUT2D eigenvalue weighted by atomic mass is 16.5. The fraction of sp³-hybridized carbons (Fsp3) is 0.364. The van der Waals surface area contributed by atoms with E-state index >= 15 is 0 Å². The van der Waals surface area contributed by atoms with Crippen molar-refractivity contribution in [1.82, 2.24) is 0 Å². The SMILES string of the molecule is CCOC(=O)c1cccc(NC(=O)C(C)Oc2ccccc2C(C)C)c1C. The quantitative estimate of drug-likeness (QED) is 0.719. The van der Waals surface area contributed by atoms with Crippen molar-refractivity contribution in [3.63, 3.8) is 0 Å². The van der Waals surface area contributed by atoms with E-state index < -0.39 is 12.1 Å². The van der Waals surface area contributed by atoms with Gasteiger partial charge in [0.05, 0.1) is 12.2 Å². The molecule has 144 valence electrons. The number of carbonyl (C=O) groups is 2. The monoisotopic (exact) mass is 369 g/mol. The topological polar surface area (TPSA) is 64.6 Å². The Hall–Kier alpha value is -2.82. The van der Waals surface area contributed by atoms with Gasteiger partial charge in [-0.3, -0.25) is 4.79 Å². The molecule has 0 spiro atoms. The molecule has 2 aromatic carbocycles. The molecule has 0 aromatic heterocycles. The lowest BCUT2D eigenvalue weighted by molar-refractivity contribution is -0.122. The molecule has 1 unspecified atom stereocenters. The van der Waals surface area contributed by atoms with E-state index in [9.17, 15) is 9.59 Å². The Morgan fingerprint density at radius 2 is 1.74 bits per heavy atom. The van der Waals surface area contributed by atoms with Gasteiger partial charge in [0.15, 0.2) is 6.10 Å². The molecule has 0 fully saturated rings. The molecule has 2 aromatic rings. The molecule has 0 radical (unpaired) electrons. The lowest BCUT2D eigenvalue weighted by Crippen LogP contribution is -2.31. The van der Waals surface area contributed by atoms with E-state index in [-0.39, 0.29) is 5.91 Å². The van der Waals surface area contributed by atoms with Gasteiger partial charge < -0.3 is 14.8 Å². The van der Waals surface area contributed by atoms with Crippen LogP contribution in [-0.2, 0) is 9.53 Å². The number of hydrogen-bond acceptors (Lipinski definition) is 4. The van der Waals surface area contributed by atoms with Crippen LogP contribution in [0.2, 0.25) is 0 Å². The van der Waals surface area contributed by atoms with E-state index in [1.54, 1.807) is 39.0 Å². The molecule has 0 saturated carbocycles. The van der Waals surface area contributed by atoms with Crippen molar-refractivity contribution < 1.29 is 19.1 Å². The first kappa shape index (κ1) is 20.5. The van der Waals surface area contributed by atoms with Crippen LogP contribution in [0.1, 0.15) is 55.1 Å². The highest BCUT2D eigenvalue weighted by molar-refractivity contribution is 5.98. The maximum absolute atomic E-state index is 12.6. The summed E-state index contributed by atoms with van der Waals surface area (Å²) in [6, 6.07) is 12.9. The van der Waals surface area contributed by atoms with E-state index in [4.69, 9.17) is 9.47 Å². The number of hydrogen-bond donors (Lipinski definition) is 1. The van der Waals surface area contributed by atoms with Crippen molar-refractivity contribution in [1.29, 1.82) is 0 Å². The molecule has 5 heteroatoms. The van der Waals surface area contributed by atoms with Crippen molar-refractivity contribution in [2.45, 2.75) is 46.6 Å². The third-order valence-electron chi connectivity index (χ3n) is 4.30. The van der Waals surface area contributed by atoms with E-state index in [1.165, 1.54) is 0 Å². The summed E-state index contributed by atoms with van der Waals surface area (Å²) in [4.78, 5) is 24.6. The van der Waals surface area contributed by atoms with Gasteiger partial charge in [0.25, 0.3) is 5.91 Å². The molecule has 0 aliphatic heterocycles. The molecule has 1 N–H and O–H groups in total. The molecule has 0 aliphatic rings. The average molecular weight is 369 g/mol. The minimum atomic E-state index is -0.685. The van der Waals surface area contributed by atoms with Crippen LogP contribution in [-0.4, -0.2) is 24.6 Å². The Morgan fingerprint density at radius 1 is 1.04 bits per heavy atom. The fourth-order valence-corrected chi connectivity index (χ4v) is 2.74. The van der Waals surface area contributed by atoms with Crippen molar-refractivity contribution in [2.75, 3.05) is 11.9 Å². The van der Waals surface area contributed by atoms with Crippen LogP contribution in [0.3, 0.4) is 0 Å². The average Bonchev–Trinajstić information content (AvgIpc) is 2.63. The summed E-state index contributed by atoms with van der Waals surface area (Å²) in [7, 11) is 0. The normalized spacial score (nSPS) is 11.8. The molecule has 1 amide bonds. The van der Waals surface area contributed by atoms with Crippen LogP contribution < -0.4 is 10.1 Å². The van der Waals surface area contributed by atoms with Gasteiger partial charge in [-0.05, 0) is 56.0 Å². The Labute approximate surface area is 160 Å². The first-order valence-corrected chi connectivity index (χ1v) is 9.18. The first-order chi connectivity index (χ1) is 12.8. The summed E-state index contributed by atoms with van der Waals surface area (Å²) in [5.41, 5.74) is 2.73. The van der Waals surface area contributed by atoms with Gasteiger partial charge >= 0.3 is 5.97 Å². The Morgan fingerprint density at radius 3 is 2.41 bits per heavy atom. The minimum absolute atomic E-state index is 0.280. The van der Waals surface area contributed by atoms with Crippen LogP contribution in [0.25, 0.3) is 0 Å². The second-order valence-corrected chi connectivity index (χ2v) is 6.64. The van der Waals surface area contributed by atoms with Crippen LogP contribution in [0.4, 0.5) is 5.69 Å². The summed E-state index contributed by atoms with van der Waals surface area (Å²) >= 11 is 0. The maximum Gasteiger partial charge on any atom is 0.338 e. The van der Waals surface area contributed by atoms with Crippen molar-refractivity contribution in [2.24, 2.45) is 0 Å². The predicted molar refractivity (Wildman–Crippen MR) is 106 cm³/mol. The summed E-state index contributed by atoms with van der Waals surface area (Å²) < 4.78 is 10.9. The number of esters is 1. The summed E-state index contributed by atoms with van der Waals surface area (Å²) in [5, 5.41) is 2.84. The van der Waals surface area contributed by atoms with Crippen LogP contribution in [0.5, 0.6) is 5.75 Å². The van der Waals surface area contributed by atoms with Gasteiger partial charge in [-0.2, -0.15) is 0 Å². The zero-order valence-electron chi connectivity index (χ0n) is 16.5. The molecule has 0 aliphatic carbocycles. The predicted octanol–water partition coefficient (Wildman–Crippen LogP) is 4.70. The molecular weight excluding hydrogens is 342 g/mol. The number of ether oxygens (including phenoxy) is 2. The Bertz CT molecular complexity index is 814. The summed E-state index contributed by atoms with van der Waals surface area (Å²) in [5.74, 6) is 0.311. The second kappa shape index (κ2) is 9.21. The second-order valence-electron chi connectivity index (χ2n) is 6.64. The highest BCUT2D eigenvalue weighted by Gasteiger charge is 2.19. The van der Waals surface area contributed by atoms with Gasteiger partial charge in [0.1, 0.15) is 5.75 Å². The zero-order chi connectivity index (χ0) is 20.0. The largest absolute Gasteiger partial charge is 0.481 e. The zero-order valence-corrected chi connectivity index (χ0v) is 16.5. The lowest BCUT2D eigenvalue weighted by atomic mass is 10.0. The molecular formula is C22H27NO4. The molecule has 0 saturated heterocycles. The van der Waals surface area contributed by atoms with E-state index in [1.807, 2.05) is 24.3 Å². The van der Waals surface area contributed by atoms with E-state index in [0.29, 0.717) is 35.1 Å². The van der Waals surface area contributed by atoms with Gasteiger partial charge in [-0.25, -0.2) is 4.79 Å². The number of rotatable bonds is 7. The number of para-hydroxylation sites is 1. The van der Waals surface area contributed by atoms with Gasteiger partial charge in [0.2, 0.25) is 0 Å². The molecule has 1 atom stereocenters. The smallest absolute Gasteiger partial charge is 0.338 e. The van der Waals surface area contributed by atoms with Gasteiger partial charge in [0, 0.05) is 5.69 Å². The van der Waals surface area contributed by atoms with Crippen LogP contribution >= 0.6 is 0 Å².